The molecule has 3 aromatic rings. The van der Waals surface area contributed by atoms with Gasteiger partial charge in [-0.1, -0.05) is 53.7 Å². The number of rotatable bonds is 8. The number of benzene rings is 3. The highest BCUT2D eigenvalue weighted by Crippen LogP contribution is 2.44. The number of nitro benzene ring substituents is 1. The lowest BCUT2D eigenvalue weighted by atomic mass is 9.82. The molecule has 1 aliphatic rings. The third kappa shape index (κ3) is 6.64. The van der Waals surface area contributed by atoms with Crippen LogP contribution in [0, 0.1) is 10.1 Å². The van der Waals surface area contributed by atoms with Crippen molar-refractivity contribution in [3.8, 4) is 11.5 Å². The fraction of sp³-hybridized carbons (Fsp3) is 0.382. The van der Waals surface area contributed by atoms with Crippen LogP contribution in [0.25, 0.3) is 0 Å². The van der Waals surface area contributed by atoms with Crippen molar-refractivity contribution in [1.82, 2.24) is 0 Å². The van der Waals surface area contributed by atoms with Gasteiger partial charge in [-0.15, -0.1) is 0 Å². The summed E-state index contributed by atoms with van der Waals surface area (Å²) in [5.41, 5.74) is 1.12. The van der Waals surface area contributed by atoms with Crippen LogP contribution >= 0.6 is 0 Å². The molecule has 3 aromatic carbocycles. The first-order valence-electron chi connectivity index (χ1n) is 14.8. The fourth-order valence-electron chi connectivity index (χ4n) is 4.34. The highest BCUT2D eigenvalue weighted by molar-refractivity contribution is 6.75. The van der Waals surface area contributed by atoms with Crippen molar-refractivity contribution in [2.45, 2.75) is 84.4 Å². The lowest BCUT2D eigenvalue weighted by Gasteiger charge is -2.38. The smallest absolute Gasteiger partial charge is 0.338 e. The second kappa shape index (κ2) is 11.7. The molecule has 0 saturated carbocycles. The van der Waals surface area contributed by atoms with Crippen LogP contribution in [-0.2, 0) is 11.3 Å². The molecule has 0 unspecified atom stereocenters. The minimum atomic E-state index is -2.56. The highest BCUT2D eigenvalue weighted by atomic mass is 28.4. The van der Waals surface area contributed by atoms with Gasteiger partial charge in [0.15, 0.2) is 5.78 Å². The number of ketones is 2. The van der Waals surface area contributed by atoms with Gasteiger partial charge in [0.1, 0.15) is 18.1 Å². The predicted molar refractivity (Wildman–Crippen MR) is 178 cm³/mol. The van der Waals surface area contributed by atoms with E-state index in [9.17, 15) is 24.5 Å². The Hall–Kier alpha value is -4.10. The molecule has 1 aliphatic carbocycles. The Morgan fingerprint density at radius 1 is 0.756 bits per heavy atom. The number of carbonyl (C=O) groups is 3. The molecule has 0 atom stereocenters. The van der Waals surface area contributed by atoms with Crippen molar-refractivity contribution < 1.29 is 32.9 Å². The molecule has 0 spiro atoms. The van der Waals surface area contributed by atoms with Gasteiger partial charge in [-0.3, -0.25) is 19.7 Å². The normalized spacial score (nSPS) is 13.6. The summed E-state index contributed by atoms with van der Waals surface area (Å²) in [6, 6.07) is 13.6. The van der Waals surface area contributed by atoms with E-state index in [4.69, 9.17) is 13.6 Å². The number of carbonyl (C=O) groups excluding carboxylic acids is 3. The maximum atomic E-state index is 14.4. The molecule has 4 rings (SSSR count). The van der Waals surface area contributed by atoms with Crippen LogP contribution in [0.5, 0.6) is 11.5 Å². The summed E-state index contributed by atoms with van der Waals surface area (Å²) in [7, 11) is -4.94. The number of hydrogen-bond acceptors (Lipinski definition) is 8. The third-order valence-corrected chi connectivity index (χ3v) is 17.9. The van der Waals surface area contributed by atoms with Crippen LogP contribution in [-0.4, -0.2) is 39.1 Å². The van der Waals surface area contributed by atoms with E-state index < -0.39 is 39.1 Å². The van der Waals surface area contributed by atoms with Gasteiger partial charge in [-0.2, -0.15) is 0 Å². The molecule has 0 aromatic heterocycles. The van der Waals surface area contributed by atoms with Crippen molar-refractivity contribution in [2.24, 2.45) is 0 Å². The molecule has 0 saturated heterocycles. The Labute approximate surface area is 266 Å². The first-order valence-corrected chi connectivity index (χ1v) is 20.7. The molecule has 45 heavy (non-hydrogen) atoms. The lowest BCUT2D eigenvalue weighted by Crippen LogP contribution is -2.45. The summed E-state index contributed by atoms with van der Waals surface area (Å²) in [5, 5.41) is 10.6. The van der Waals surface area contributed by atoms with Gasteiger partial charge in [-0.05, 0) is 72.2 Å². The Balaban J connectivity index is 1.80. The number of nitrogens with zero attached hydrogens (tertiary/aromatic N) is 1. The first kappa shape index (κ1) is 33.8. The molecule has 0 radical (unpaired) electrons. The molecule has 0 aliphatic heterocycles. The van der Waals surface area contributed by atoms with Gasteiger partial charge in [0.25, 0.3) is 22.3 Å². The monoisotopic (exact) mass is 647 g/mol. The van der Waals surface area contributed by atoms with Crippen LogP contribution in [0.4, 0.5) is 5.69 Å². The van der Waals surface area contributed by atoms with Gasteiger partial charge in [0.05, 0.1) is 21.6 Å². The van der Waals surface area contributed by atoms with Crippen molar-refractivity contribution in [2.75, 3.05) is 0 Å². The third-order valence-electron chi connectivity index (χ3n) is 9.17. The van der Waals surface area contributed by atoms with E-state index in [0.29, 0.717) is 11.3 Å². The second-order valence-electron chi connectivity index (χ2n) is 14.5. The maximum absolute atomic E-state index is 14.4. The molecule has 0 heterocycles. The van der Waals surface area contributed by atoms with Gasteiger partial charge < -0.3 is 13.6 Å². The van der Waals surface area contributed by atoms with Crippen LogP contribution in [0.15, 0.2) is 54.6 Å². The molecule has 9 nitrogen and oxygen atoms in total. The van der Waals surface area contributed by atoms with Crippen molar-refractivity contribution in [3.63, 3.8) is 0 Å². The molecular weight excluding hydrogens is 607 g/mol. The topological polar surface area (TPSA) is 122 Å². The summed E-state index contributed by atoms with van der Waals surface area (Å²) in [6.07, 6.45) is 0. The number of hydrogen-bond donors (Lipinski definition) is 0. The van der Waals surface area contributed by atoms with Crippen molar-refractivity contribution in [3.05, 3.63) is 98.1 Å². The first-order chi connectivity index (χ1) is 20.6. The van der Waals surface area contributed by atoms with E-state index in [2.05, 4.69) is 54.6 Å². The van der Waals surface area contributed by atoms with E-state index in [0.717, 1.165) is 0 Å². The van der Waals surface area contributed by atoms with Crippen LogP contribution in [0.3, 0.4) is 0 Å². The molecule has 0 bridgehead atoms. The fourth-order valence-corrected chi connectivity index (χ4v) is 6.38. The van der Waals surface area contributed by atoms with E-state index in [-0.39, 0.29) is 55.9 Å². The highest BCUT2D eigenvalue weighted by Gasteiger charge is 2.44. The van der Waals surface area contributed by atoms with Crippen LogP contribution in [0.1, 0.15) is 89.3 Å². The molecule has 0 fully saturated rings. The minimum Gasteiger partial charge on any atom is -0.543 e. The average molecular weight is 648 g/mol. The Morgan fingerprint density at radius 3 is 1.82 bits per heavy atom. The Kier molecular flexibility index (Phi) is 8.77. The van der Waals surface area contributed by atoms with Gasteiger partial charge in [0.2, 0.25) is 5.78 Å². The summed E-state index contributed by atoms with van der Waals surface area (Å²) in [4.78, 5) is 52.3. The quantitative estimate of drug-likeness (QED) is 0.0807. The number of non-ortho nitro benzene ring substituents is 1. The van der Waals surface area contributed by atoms with Gasteiger partial charge in [-0.25, -0.2) is 4.79 Å². The number of nitro groups is 1. The molecular formula is C34H41NO8Si2. The van der Waals surface area contributed by atoms with E-state index >= 15 is 0 Å². The van der Waals surface area contributed by atoms with E-state index in [1.165, 1.54) is 36.4 Å². The average Bonchev–Trinajstić information content (AvgIpc) is 2.92. The van der Waals surface area contributed by atoms with E-state index in [1.54, 1.807) is 18.2 Å². The summed E-state index contributed by atoms with van der Waals surface area (Å²) >= 11 is 0. The van der Waals surface area contributed by atoms with Crippen molar-refractivity contribution >= 4 is 39.9 Å². The van der Waals surface area contributed by atoms with Crippen molar-refractivity contribution in [1.29, 1.82) is 0 Å². The Bertz CT molecular complexity index is 1700. The number of ether oxygens (including phenoxy) is 1. The Morgan fingerprint density at radius 2 is 1.29 bits per heavy atom. The largest absolute Gasteiger partial charge is 0.543 e. The van der Waals surface area contributed by atoms with Gasteiger partial charge in [0, 0.05) is 23.3 Å². The van der Waals surface area contributed by atoms with E-state index in [1.807, 2.05) is 13.1 Å². The maximum Gasteiger partial charge on any atom is 0.338 e. The summed E-state index contributed by atoms with van der Waals surface area (Å²) in [6.45, 7) is 20.5. The predicted octanol–water partition coefficient (Wildman–Crippen LogP) is 8.50. The van der Waals surface area contributed by atoms with Crippen LogP contribution < -0.4 is 8.85 Å². The molecule has 0 amide bonds. The molecule has 0 N–H and O–H groups in total. The van der Waals surface area contributed by atoms with Crippen LogP contribution in [0.2, 0.25) is 36.3 Å². The van der Waals surface area contributed by atoms with Gasteiger partial charge >= 0.3 is 5.97 Å². The standard InChI is InChI=1S/C34H41NO8Si2/c1-33(2,3)44(7,8)42-26-13-11-12-24-28(26)31(37)29-25(30(24)36)18-22(19-27(29)43-45(9,10)34(4,5)6)32(38)41-20-21-14-16-23(17-15-21)35(39)40/h11-19H,20H2,1-10H3. The number of esters is 1. The summed E-state index contributed by atoms with van der Waals surface area (Å²) in [5.74, 6) is -1.00. The SMILES string of the molecule is CC(C)(C)[Si](C)(C)Oc1cccc2c1C(=O)c1c(O[Si](C)(C)C(C)(C)C)cc(C(=O)OCc3ccc([N+](=O)[O-])cc3)cc1C2=O. The summed E-state index contributed by atoms with van der Waals surface area (Å²) < 4.78 is 18.7. The second-order valence-corrected chi connectivity index (χ2v) is 23.9. The number of fused-ring (bicyclic) bond motifs is 2. The zero-order chi connectivity index (χ0) is 33.7. The zero-order valence-corrected chi connectivity index (χ0v) is 29.6. The molecule has 238 valence electrons. The minimum absolute atomic E-state index is 0.0580. The lowest BCUT2D eigenvalue weighted by molar-refractivity contribution is -0.384. The zero-order valence-electron chi connectivity index (χ0n) is 27.6. The molecule has 11 heteroatoms.